The van der Waals surface area contributed by atoms with Crippen LogP contribution in [0.4, 0.5) is 4.39 Å². The first kappa shape index (κ1) is 23.0. The zero-order chi connectivity index (χ0) is 24.4. The van der Waals surface area contributed by atoms with Gasteiger partial charge in [-0.15, -0.1) is 0 Å². The molecule has 6 heteroatoms. The zero-order valence-electron chi connectivity index (χ0n) is 19.0. The molecule has 0 N–H and O–H groups in total. The average molecular weight is 487 g/mol. The van der Waals surface area contributed by atoms with Crippen molar-refractivity contribution < 1.29 is 21.7 Å². The molecular weight excluding hydrogens is 463 g/mol. The summed E-state index contributed by atoms with van der Waals surface area (Å²) >= 11 is 0. The van der Waals surface area contributed by atoms with Crippen LogP contribution in [0.15, 0.2) is 102 Å². The van der Waals surface area contributed by atoms with Gasteiger partial charge in [0.2, 0.25) is 0 Å². The Morgan fingerprint density at radius 3 is 2.31 bits per heavy atom. The molecule has 1 aliphatic rings. The summed E-state index contributed by atoms with van der Waals surface area (Å²) in [5.41, 5.74) is 4.53. The van der Waals surface area contributed by atoms with Crippen LogP contribution in [-0.2, 0) is 14.3 Å². The zero-order valence-corrected chi connectivity index (χ0v) is 19.8. The van der Waals surface area contributed by atoms with E-state index in [1.54, 1.807) is 37.3 Å². The summed E-state index contributed by atoms with van der Waals surface area (Å²) in [5.74, 6) is 0.103. The Balaban J connectivity index is 1.47. The third kappa shape index (κ3) is 4.76. The molecule has 4 aromatic carbocycles. The summed E-state index contributed by atoms with van der Waals surface area (Å²) in [6.07, 6.45) is 2.77. The molecule has 4 nitrogen and oxygen atoms in total. The largest absolute Gasteiger partial charge is 0.483 e. The first-order chi connectivity index (χ1) is 16.9. The van der Waals surface area contributed by atoms with Gasteiger partial charge in [0, 0.05) is 11.1 Å². The van der Waals surface area contributed by atoms with E-state index in [9.17, 15) is 12.8 Å². The van der Waals surface area contributed by atoms with E-state index in [2.05, 4.69) is 0 Å². The Hall–Kier alpha value is -3.74. The van der Waals surface area contributed by atoms with Crippen LogP contribution in [-0.4, -0.2) is 21.1 Å². The molecule has 0 unspecified atom stereocenters. The van der Waals surface area contributed by atoms with Crippen molar-refractivity contribution in [1.82, 2.24) is 0 Å². The van der Waals surface area contributed by atoms with Gasteiger partial charge >= 0.3 is 0 Å². The van der Waals surface area contributed by atoms with E-state index in [1.807, 2.05) is 54.6 Å². The Bertz CT molecular complexity index is 1510. The minimum absolute atomic E-state index is 0.125. The molecule has 0 radical (unpaired) electrons. The van der Waals surface area contributed by atoms with E-state index < -0.39 is 16.2 Å². The second kappa shape index (κ2) is 9.49. The van der Waals surface area contributed by atoms with E-state index in [0.29, 0.717) is 22.4 Å². The van der Waals surface area contributed by atoms with Crippen molar-refractivity contribution in [3.8, 4) is 28.0 Å². The fourth-order valence-corrected chi connectivity index (χ4v) is 5.35. The maximum absolute atomic E-state index is 14.6. The minimum atomic E-state index is -3.95. The van der Waals surface area contributed by atoms with E-state index in [0.717, 1.165) is 16.7 Å². The van der Waals surface area contributed by atoms with Crippen LogP contribution in [0, 0.1) is 12.7 Å². The lowest BCUT2D eigenvalue weighted by Gasteiger charge is -2.25. The highest BCUT2D eigenvalue weighted by Crippen LogP contribution is 2.42. The van der Waals surface area contributed by atoms with Crippen molar-refractivity contribution in [3.05, 3.63) is 114 Å². The highest BCUT2D eigenvalue weighted by Gasteiger charge is 2.25. The number of hydrogen-bond donors (Lipinski definition) is 0. The smallest absolute Gasteiger partial charge is 0.297 e. The predicted molar refractivity (Wildman–Crippen MR) is 135 cm³/mol. The maximum Gasteiger partial charge on any atom is 0.297 e. The molecule has 0 saturated carbocycles. The first-order valence-electron chi connectivity index (χ1n) is 11.2. The van der Waals surface area contributed by atoms with Gasteiger partial charge in [-0.25, -0.2) is 4.39 Å². The van der Waals surface area contributed by atoms with Gasteiger partial charge < -0.3 is 4.74 Å². The molecule has 0 aliphatic carbocycles. The topological polar surface area (TPSA) is 52.6 Å². The van der Waals surface area contributed by atoms with Crippen molar-refractivity contribution in [2.45, 2.75) is 17.9 Å². The van der Waals surface area contributed by atoms with Crippen LogP contribution in [0.5, 0.6) is 5.75 Å². The third-order valence-corrected chi connectivity index (χ3v) is 7.34. The second-order valence-corrected chi connectivity index (χ2v) is 9.89. The molecular formula is C29H23FO4S. The van der Waals surface area contributed by atoms with Gasteiger partial charge in [-0.1, -0.05) is 78.9 Å². The van der Waals surface area contributed by atoms with Crippen LogP contribution in [0.1, 0.15) is 11.1 Å². The average Bonchev–Trinajstić information content (AvgIpc) is 2.88. The number of ether oxygens (including phenoxy) is 1. The Morgan fingerprint density at radius 2 is 1.54 bits per heavy atom. The lowest BCUT2D eigenvalue weighted by molar-refractivity contribution is 0.166. The molecule has 0 aromatic heterocycles. The molecule has 0 fully saturated rings. The van der Waals surface area contributed by atoms with E-state index in [1.165, 1.54) is 18.2 Å². The van der Waals surface area contributed by atoms with Crippen LogP contribution in [0.3, 0.4) is 0 Å². The molecule has 4 aromatic rings. The molecule has 0 spiro atoms. The SMILES string of the molecule is Cc1ccccc1S(=O)(=O)OC[C@H]1C=Cc2cc(F)cc(-c3ccccc3-c3ccccc3)c2O1. The second-order valence-electron chi connectivity index (χ2n) is 8.30. The normalized spacial score (nSPS) is 14.9. The van der Waals surface area contributed by atoms with E-state index in [-0.39, 0.29) is 17.3 Å². The lowest BCUT2D eigenvalue weighted by atomic mass is 9.92. The Kier molecular flexibility index (Phi) is 6.24. The molecule has 176 valence electrons. The molecule has 1 aliphatic heterocycles. The van der Waals surface area contributed by atoms with Gasteiger partial charge in [0.15, 0.2) is 0 Å². The van der Waals surface area contributed by atoms with Gasteiger partial charge in [0.05, 0.1) is 4.90 Å². The third-order valence-electron chi connectivity index (χ3n) is 5.89. The summed E-state index contributed by atoms with van der Waals surface area (Å²) in [5, 5.41) is 0. The molecule has 0 saturated heterocycles. The standard InChI is InChI=1S/C29H23FO4S/c1-20-9-5-8-14-28(20)35(31,32)33-19-24-16-15-22-17-23(30)18-27(29(22)34-24)26-13-7-6-12-25(26)21-10-3-2-4-11-21/h2-18,24H,19H2,1H3/t24-/m1/s1. The van der Waals surface area contributed by atoms with Crippen LogP contribution in [0.2, 0.25) is 0 Å². The lowest BCUT2D eigenvalue weighted by Crippen LogP contribution is -2.25. The van der Waals surface area contributed by atoms with Crippen LogP contribution >= 0.6 is 0 Å². The van der Waals surface area contributed by atoms with E-state index in [4.69, 9.17) is 8.92 Å². The quantitative estimate of drug-likeness (QED) is 0.287. The monoisotopic (exact) mass is 486 g/mol. The highest BCUT2D eigenvalue weighted by molar-refractivity contribution is 7.86. The fourth-order valence-electron chi connectivity index (χ4n) is 4.21. The number of hydrogen-bond acceptors (Lipinski definition) is 4. The summed E-state index contributed by atoms with van der Waals surface area (Å²) in [7, 11) is -3.95. The molecule has 5 rings (SSSR count). The number of halogens is 1. The number of fused-ring (bicyclic) bond motifs is 1. The van der Waals surface area contributed by atoms with Gasteiger partial charge in [-0.3, -0.25) is 4.18 Å². The fraction of sp³-hybridized carbons (Fsp3) is 0.103. The molecule has 35 heavy (non-hydrogen) atoms. The highest BCUT2D eigenvalue weighted by atomic mass is 32.2. The summed E-state index contributed by atoms with van der Waals surface area (Å²) in [6.45, 7) is 1.51. The Morgan fingerprint density at radius 1 is 0.857 bits per heavy atom. The summed E-state index contributed by atoms with van der Waals surface area (Å²) in [6, 6.07) is 27.1. The maximum atomic E-state index is 14.6. The summed E-state index contributed by atoms with van der Waals surface area (Å²) < 4.78 is 51.6. The van der Waals surface area contributed by atoms with Crippen LogP contribution in [0.25, 0.3) is 28.3 Å². The number of aryl methyl sites for hydroxylation is 1. The Labute approximate surface area is 204 Å². The number of benzene rings is 4. The van der Waals surface area contributed by atoms with Crippen molar-refractivity contribution in [1.29, 1.82) is 0 Å². The number of rotatable bonds is 6. The minimum Gasteiger partial charge on any atom is -0.483 e. The van der Waals surface area contributed by atoms with Gasteiger partial charge in [-0.05, 0) is 53.5 Å². The van der Waals surface area contributed by atoms with Gasteiger partial charge in [0.25, 0.3) is 10.1 Å². The molecule has 0 amide bonds. The van der Waals surface area contributed by atoms with E-state index >= 15 is 0 Å². The van der Waals surface area contributed by atoms with Crippen molar-refractivity contribution in [2.75, 3.05) is 6.61 Å². The molecule has 1 atom stereocenters. The van der Waals surface area contributed by atoms with Crippen molar-refractivity contribution in [3.63, 3.8) is 0 Å². The molecule has 0 bridgehead atoms. The van der Waals surface area contributed by atoms with Gasteiger partial charge in [-0.2, -0.15) is 8.42 Å². The molecule has 1 heterocycles. The van der Waals surface area contributed by atoms with Crippen molar-refractivity contribution >= 4 is 16.2 Å². The summed E-state index contributed by atoms with van der Waals surface area (Å²) in [4.78, 5) is 0.125. The first-order valence-corrected chi connectivity index (χ1v) is 12.6. The predicted octanol–water partition coefficient (Wildman–Crippen LogP) is 6.65. The van der Waals surface area contributed by atoms with Crippen LogP contribution < -0.4 is 4.74 Å². The van der Waals surface area contributed by atoms with Gasteiger partial charge in [0.1, 0.15) is 24.3 Å². The van der Waals surface area contributed by atoms with Crippen molar-refractivity contribution in [2.24, 2.45) is 0 Å².